The highest BCUT2D eigenvalue weighted by Gasteiger charge is 2.21. The predicted octanol–water partition coefficient (Wildman–Crippen LogP) is 3.14. The van der Waals surface area contributed by atoms with Gasteiger partial charge >= 0.3 is 5.97 Å². The van der Waals surface area contributed by atoms with Crippen molar-refractivity contribution in [3.63, 3.8) is 0 Å². The van der Waals surface area contributed by atoms with E-state index in [9.17, 15) is 9.59 Å². The second kappa shape index (κ2) is 7.43. The number of rotatable bonds is 7. The summed E-state index contributed by atoms with van der Waals surface area (Å²) in [7, 11) is 0. The molecule has 110 valence electrons. The van der Waals surface area contributed by atoms with Crippen LogP contribution < -0.4 is 5.32 Å². The molecule has 0 saturated heterocycles. The Morgan fingerprint density at radius 3 is 2.60 bits per heavy atom. The number of carbonyl (C=O) groups excluding carboxylic acids is 1. The van der Waals surface area contributed by atoms with Gasteiger partial charge in [0.2, 0.25) is 5.91 Å². The van der Waals surface area contributed by atoms with Gasteiger partial charge in [0.05, 0.1) is 0 Å². The highest BCUT2D eigenvalue weighted by atomic mass is 79.9. The van der Waals surface area contributed by atoms with Gasteiger partial charge in [0.15, 0.2) is 0 Å². The van der Waals surface area contributed by atoms with Crippen LogP contribution in [0.25, 0.3) is 0 Å². The molecule has 0 aliphatic heterocycles. The van der Waals surface area contributed by atoms with E-state index >= 15 is 0 Å². The highest BCUT2D eigenvalue weighted by Crippen LogP contribution is 2.14. The monoisotopic (exact) mass is 341 g/mol. The van der Waals surface area contributed by atoms with Crippen LogP contribution in [0.2, 0.25) is 0 Å². The fourth-order valence-electron chi connectivity index (χ4n) is 1.87. The quantitative estimate of drug-likeness (QED) is 0.800. The summed E-state index contributed by atoms with van der Waals surface area (Å²) in [4.78, 5) is 22.4. The summed E-state index contributed by atoms with van der Waals surface area (Å²) >= 11 is 3.40. The van der Waals surface area contributed by atoms with Crippen LogP contribution in [0.4, 0.5) is 0 Å². The van der Waals surface area contributed by atoms with E-state index in [1.165, 1.54) is 0 Å². The van der Waals surface area contributed by atoms with Gasteiger partial charge in [-0.05, 0) is 44.4 Å². The smallest absolute Gasteiger partial charge is 0.303 e. The molecule has 0 aliphatic rings. The molecule has 0 radical (unpaired) electrons. The summed E-state index contributed by atoms with van der Waals surface area (Å²) in [5, 5.41) is 11.6. The van der Waals surface area contributed by atoms with Crippen LogP contribution in [0.15, 0.2) is 28.7 Å². The second-order valence-corrected chi connectivity index (χ2v) is 6.37. The maximum absolute atomic E-state index is 11.9. The van der Waals surface area contributed by atoms with Crippen LogP contribution in [0.5, 0.6) is 0 Å². The molecular formula is C15H20BrNO3. The fraction of sp³-hybridized carbons (Fsp3) is 0.467. The average Bonchev–Trinajstić information content (AvgIpc) is 2.34. The van der Waals surface area contributed by atoms with E-state index in [0.29, 0.717) is 19.3 Å². The molecule has 4 nitrogen and oxygen atoms in total. The van der Waals surface area contributed by atoms with Gasteiger partial charge in [0.25, 0.3) is 0 Å². The minimum atomic E-state index is -0.846. The van der Waals surface area contributed by atoms with Crippen molar-refractivity contribution in [3.8, 4) is 0 Å². The number of amides is 1. The number of carboxylic acid groups (broad SMARTS) is 1. The third-order valence-electron chi connectivity index (χ3n) is 2.97. The molecule has 1 aromatic carbocycles. The molecular weight excluding hydrogens is 322 g/mol. The number of aryl methyl sites for hydroxylation is 1. The van der Waals surface area contributed by atoms with Gasteiger partial charge in [0.1, 0.15) is 0 Å². The molecule has 0 aromatic heterocycles. The lowest BCUT2D eigenvalue weighted by molar-refractivity contribution is -0.137. The summed E-state index contributed by atoms with van der Waals surface area (Å²) in [5.74, 6) is -0.901. The van der Waals surface area contributed by atoms with Crippen molar-refractivity contribution in [2.24, 2.45) is 0 Å². The van der Waals surface area contributed by atoms with Crippen LogP contribution in [-0.4, -0.2) is 22.5 Å². The standard InChI is InChI=1S/C15H20BrNO3/c1-15(2,9-8-14(19)20)17-13(18)7-6-11-4-3-5-12(16)10-11/h3-5,10H,6-9H2,1-2H3,(H,17,18)(H,19,20). The number of hydrogen-bond donors (Lipinski definition) is 2. The minimum absolute atomic E-state index is 0.0545. The lowest BCUT2D eigenvalue weighted by Gasteiger charge is -2.25. The van der Waals surface area contributed by atoms with E-state index in [1.54, 1.807) is 0 Å². The molecule has 2 N–H and O–H groups in total. The van der Waals surface area contributed by atoms with Crippen LogP contribution in [0.3, 0.4) is 0 Å². The Bertz CT molecular complexity index is 486. The Hall–Kier alpha value is -1.36. The summed E-state index contributed by atoms with van der Waals surface area (Å²) in [6, 6.07) is 7.85. The molecule has 0 saturated carbocycles. The van der Waals surface area contributed by atoms with E-state index in [2.05, 4.69) is 21.2 Å². The van der Waals surface area contributed by atoms with Crippen LogP contribution in [0, 0.1) is 0 Å². The highest BCUT2D eigenvalue weighted by molar-refractivity contribution is 9.10. The van der Waals surface area contributed by atoms with Crippen molar-refractivity contribution in [1.29, 1.82) is 0 Å². The largest absolute Gasteiger partial charge is 0.481 e. The summed E-state index contributed by atoms with van der Waals surface area (Å²) in [6.07, 6.45) is 1.54. The third-order valence-corrected chi connectivity index (χ3v) is 3.46. The van der Waals surface area contributed by atoms with Crippen LogP contribution in [-0.2, 0) is 16.0 Å². The zero-order chi connectivity index (χ0) is 15.2. The van der Waals surface area contributed by atoms with E-state index in [-0.39, 0.29) is 12.3 Å². The molecule has 1 amide bonds. The summed E-state index contributed by atoms with van der Waals surface area (Å²) in [5.41, 5.74) is 0.602. The topological polar surface area (TPSA) is 66.4 Å². The molecule has 0 bridgehead atoms. The molecule has 0 unspecified atom stereocenters. The van der Waals surface area contributed by atoms with Gasteiger partial charge in [0, 0.05) is 22.9 Å². The number of carboxylic acids is 1. The molecule has 5 heteroatoms. The number of hydrogen-bond acceptors (Lipinski definition) is 2. The average molecular weight is 342 g/mol. The van der Waals surface area contributed by atoms with Crippen LogP contribution >= 0.6 is 15.9 Å². The normalized spacial score (nSPS) is 11.2. The molecule has 1 rings (SSSR count). The lowest BCUT2D eigenvalue weighted by atomic mass is 9.98. The number of nitrogens with one attached hydrogen (secondary N) is 1. The van der Waals surface area contributed by atoms with Gasteiger partial charge in [-0.15, -0.1) is 0 Å². The van der Waals surface area contributed by atoms with Crippen molar-refractivity contribution >= 4 is 27.8 Å². The molecule has 0 fully saturated rings. The van der Waals surface area contributed by atoms with Gasteiger partial charge in [-0.3, -0.25) is 9.59 Å². The van der Waals surface area contributed by atoms with E-state index in [1.807, 2.05) is 38.1 Å². The molecule has 0 heterocycles. The van der Waals surface area contributed by atoms with Gasteiger partial charge < -0.3 is 10.4 Å². The zero-order valence-electron chi connectivity index (χ0n) is 11.8. The first-order chi connectivity index (χ1) is 9.28. The summed E-state index contributed by atoms with van der Waals surface area (Å²) < 4.78 is 0.997. The van der Waals surface area contributed by atoms with Crippen molar-refractivity contribution in [2.75, 3.05) is 0 Å². The first-order valence-corrected chi connectivity index (χ1v) is 7.35. The number of halogens is 1. The maximum Gasteiger partial charge on any atom is 0.303 e. The summed E-state index contributed by atoms with van der Waals surface area (Å²) in [6.45, 7) is 3.68. The molecule has 20 heavy (non-hydrogen) atoms. The second-order valence-electron chi connectivity index (χ2n) is 5.46. The van der Waals surface area contributed by atoms with Crippen molar-refractivity contribution in [1.82, 2.24) is 5.32 Å². The first kappa shape index (κ1) is 16.7. The van der Waals surface area contributed by atoms with Gasteiger partial charge in [-0.1, -0.05) is 28.1 Å². The third kappa shape index (κ3) is 6.70. The van der Waals surface area contributed by atoms with Crippen molar-refractivity contribution in [2.45, 2.75) is 45.1 Å². The number of benzene rings is 1. The van der Waals surface area contributed by atoms with Crippen molar-refractivity contribution in [3.05, 3.63) is 34.3 Å². The Labute approximate surface area is 127 Å². The van der Waals surface area contributed by atoms with Gasteiger partial charge in [-0.25, -0.2) is 0 Å². The fourth-order valence-corrected chi connectivity index (χ4v) is 2.32. The Kier molecular flexibility index (Phi) is 6.20. The molecule has 1 aromatic rings. The minimum Gasteiger partial charge on any atom is -0.481 e. The zero-order valence-corrected chi connectivity index (χ0v) is 13.4. The van der Waals surface area contributed by atoms with E-state index in [0.717, 1.165) is 10.0 Å². The molecule has 0 atom stereocenters. The van der Waals surface area contributed by atoms with E-state index < -0.39 is 11.5 Å². The predicted molar refractivity (Wildman–Crippen MR) is 81.6 cm³/mol. The Morgan fingerprint density at radius 2 is 2.00 bits per heavy atom. The maximum atomic E-state index is 11.9. The Balaban J connectivity index is 2.41. The number of aliphatic carboxylic acids is 1. The van der Waals surface area contributed by atoms with Crippen LogP contribution in [0.1, 0.15) is 38.7 Å². The Morgan fingerprint density at radius 1 is 1.30 bits per heavy atom. The number of carbonyl (C=O) groups is 2. The van der Waals surface area contributed by atoms with E-state index in [4.69, 9.17) is 5.11 Å². The molecule has 0 aliphatic carbocycles. The lowest BCUT2D eigenvalue weighted by Crippen LogP contribution is -2.43. The van der Waals surface area contributed by atoms with Crippen molar-refractivity contribution < 1.29 is 14.7 Å². The first-order valence-electron chi connectivity index (χ1n) is 6.56. The molecule has 0 spiro atoms. The SMILES string of the molecule is CC(C)(CCC(=O)O)NC(=O)CCc1cccc(Br)c1. The van der Waals surface area contributed by atoms with Gasteiger partial charge in [-0.2, -0.15) is 0 Å².